The molecule has 0 saturated carbocycles. The maximum atomic E-state index is 12.3. The summed E-state index contributed by atoms with van der Waals surface area (Å²) < 4.78 is 48.1. The second kappa shape index (κ2) is 10.7. The van der Waals surface area contributed by atoms with E-state index in [2.05, 4.69) is 30.2 Å². The molecule has 2 aromatic heterocycles. The Morgan fingerprint density at radius 1 is 1.09 bits per heavy atom. The standard InChI is InChI=1S/C22H25F3N6O3/c23-22(24,25)34-17-3-1-16(2-4-17)29-20-18-5-8-31(21(18)28-15-27-20)9-6-19(32)26-7-10-30-11-13-33-14-12-30/h1-5,8,15H,6-7,9-14H2,(H,26,32)(H,27,28,29). The van der Waals surface area contributed by atoms with Crippen LogP contribution in [-0.2, 0) is 16.1 Å². The van der Waals surface area contributed by atoms with E-state index in [4.69, 9.17) is 4.74 Å². The van der Waals surface area contributed by atoms with Gasteiger partial charge >= 0.3 is 6.36 Å². The van der Waals surface area contributed by atoms with Crippen LogP contribution >= 0.6 is 0 Å². The van der Waals surface area contributed by atoms with E-state index in [-0.39, 0.29) is 11.7 Å². The number of nitrogens with one attached hydrogen (secondary N) is 2. The molecular formula is C22H25F3N6O3. The van der Waals surface area contributed by atoms with Gasteiger partial charge in [-0.15, -0.1) is 13.2 Å². The van der Waals surface area contributed by atoms with Gasteiger partial charge in [0.2, 0.25) is 5.91 Å². The number of hydrogen-bond acceptors (Lipinski definition) is 7. The second-order valence-corrected chi connectivity index (χ2v) is 7.72. The van der Waals surface area contributed by atoms with Crippen molar-refractivity contribution in [1.29, 1.82) is 0 Å². The third kappa shape index (κ3) is 6.58. The predicted octanol–water partition coefficient (Wildman–Crippen LogP) is 2.91. The SMILES string of the molecule is O=C(CCn1ccc2c(Nc3ccc(OC(F)(F)F)cc3)ncnc21)NCCN1CCOCC1. The molecule has 1 aromatic carbocycles. The Bertz CT molecular complexity index is 1100. The number of alkyl halides is 3. The van der Waals surface area contributed by atoms with Crippen molar-refractivity contribution in [3.8, 4) is 5.75 Å². The van der Waals surface area contributed by atoms with Crippen LogP contribution < -0.4 is 15.4 Å². The van der Waals surface area contributed by atoms with E-state index in [1.54, 1.807) is 0 Å². The molecule has 3 heterocycles. The summed E-state index contributed by atoms with van der Waals surface area (Å²) in [6.45, 7) is 5.06. The van der Waals surface area contributed by atoms with Crippen LogP contribution in [-0.4, -0.2) is 71.1 Å². The van der Waals surface area contributed by atoms with Gasteiger partial charge in [-0.1, -0.05) is 0 Å². The number of halogens is 3. The van der Waals surface area contributed by atoms with Gasteiger partial charge in [0, 0.05) is 51.0 Å². The predicted molar refractivity (Wildman–Crippen MR) is 119 cm³/mol. The zero-order valence-corrected chi connectivity index (χ0v) is 18.3. The number of carbonyl (C=O) groups is 1. The number of nitrogens with zero attached hydrogens (tertiary/aromatic N) is 4. The van der Waals surface area contributed by atoms with E-state index in [1.165, 1.54) is 30.6 Å². The molecule has 12 heteroatoms. The number of ether oxygens (including phenoxy) is 2. The highest BCUT2D eigenvalue weighted by atomic mass is 19.4. The average molecular weight is 478 g/mol. The van der Waals surface area contributed by atoms with Gasteiger partial charge in [0.1, 0.15) is 23.5 Å². The summed E-state index contributed by atoms with van der Waals surface area (Å²) in [5.41, 5.74) is 1.19. The average Bonchev–Trinajstić information content (AvgIpc) is 3.23. The summed E-state index contributed by atoms with van der Waals surface area (Å²) in [6.07, 6.45) is -1.22. The fraction of sp³-hybridized carbons (Fsp3) is 0.409. The number of fused-ring (bicyclic) bond motifs is 1. The molecule has 0 spiro atoms. The highest BCUT2D eigenvalue weighted by molar-refractivity contribution is 5.89. The number of hydrogen-bond donors (Lipinski definition) is 2. The van der Waals surface area contributed by atoms with E-state index in [0.717, 1.165) is 38.2 Å². The molecule has 1 aliphatic rings. The summed E-state index contributed by atoms with van der Waals surface area (Å²) in [4.78, 5) is 23.1. The van der Waals surface area contributed by atoms with Gasteiger partial charge < -0.3 is 24.7 Å². The quantitative estimate of drug-likeness (QED) is 0.489. The molecule has 1 fully saturated rings. The van der Waals surface area contributed by atoms with Crippen LogP contribution in [0.25, 0.3) is 11.0 Å². The van der Waals surface area contributed by atoms with E-state index < -0.39 is 6.36 Å². The molecule has 0 unspecified atom stereocenters. The Labute approximate surface area is 193 Å². The largest absolute Gasteiger partial charge is 0.573 e. The van der Waals surface area contributed by atoms with Crippen molar-refractivity contribution >= 4 is 28.4 Å². The highest BCUT2D eigenvalue weighted by Crippen LogP contribution is 2.27. The van der Waals surface area contributed by atoms with Crippen LogP contribution in [0.3, 0.4) is 0 Å². The Morgan fingerprint density at radius 2 is 1.85 bits per heavy atom. The van der Waals surface area contributed by atoms with Gasteiger partial charge in [0.15, 0.2) is 0 Å². The molecule has 0 aliphatic carbocycles. The lowest BCUT2D eigenvalue weighted by Crippen LogP contribution is -2.41. The van der Waals surface area contributed by atoms with Crippen molar-refractivity contribution in [2.24, 2.45) is 0 Å². The first-order chi connectivity index (χ1) is 16.4. The van der Waals surface area contributed by atoms with E-state index in [9.17, 15) is 18.0 Å². The Kier molecular flexibility index (Phi) is 7.48. The number of benzene rings is 1. The van der Waals surface area contributed by atoms with Crippen molar-refractivity contribution in [1.82, 2.24) is 24.8 Å². The molecule has 0 radical (unpaired) electrons. The van der Waals surface area contributed by atoms with Gasteiger partial charge in [0.25, 0.3) is 0 Å². The van der Waals surface area contributed by atoms with E-state index in [0.29, 0.717) is 36.7 Å². The molecule has 34 heavy (non-hydrogen) atoms. The summed E-state index contributed by atoms with van der Waals surface area (Å²) in [5.74, 6) is 0.159. The minimum atomic E-state index is -4.74. The maximum Gasteiger partial charge on any atom is 0.573 e. The number of rotatable bonds is 9. The van der Waals surface area contributed by atoms with Crippen molar-refractivity contribution in [2.75, 3.05) is 44.7 Å². The Balaban J connectivity index is 1.32. The van der Waals surface area contributed by atoms with Crippen LogP contribution in [0.4, 0.5) is 24.7 Å². The summed E-state index contributed by atoms with van der Waals surface area (Å²) in [5, 5.41) is 6.75. The first-order valence-electron chi connectivity index (χ1n) is 10.9. The van der Waals surface area contributed by atoms with Crippen LogP contribution in [0.5, 0.6) is 5.75 Å². The highest BCUT2D eigenvalue weighted by Gasteiger charge is 2.31. The number of amides is 1. The minimum Gasteiger partial charge on any atom is -0.406 e. The molecule has 9 nitrogen and oxygen atoms in total. The van der Waals surface area contributed by atoms with Crippen molar-refractivity contribution < 1.29 is 27.4 Å². The van der Waals surface area contributed by atoms with Crippen LogP contribution in [0.1, 0.15) is 6.42 Å². The van der Waals surface area contributed by atoms with Gasteiger partial charge in [-0.25, -0.2) is 9.97 Å². The van der Waals surface area contributed by atoms with Gasteiger partial charge in [-0.05, 0) is 30.3 Å². The van der Waals surface area contributed by atoms with Crippen LogP contribution in [0.15, 0.2) is 42.9 Å². The summed E-state index contributed by atoms with van der Waals surface area (Å²) in [6, 6.07) is 7.20. The molecule has 3 aromatic rings. The fourth-order valence-corrected chi connectivity index (χ4v) is 3.65. The first kappa shape index (κ1) is 23.8. The van der Waals surface area contributed by atoms with Gasteiger partial charge in [-0.2, -0.15) is 0 Å². The van der Waals surface area contributed by atoms with Crippen LogP contribution in [0.2, 0.25) is 0 Å². The minimum absolute atomic E-state index is 0.0383. The molecule has 1 aliphatic heterocycles. The lowest BCUT2D eigenvalue weighted by atomic mass is 10.3. The third-order valence-electron chi connectivity index (χ3n) is 5.34. The van der Waals surface area contributed by atoms with E-state index >= 15 is 0 Å². The number of anilines is 2. The molecule has 1 saturated heterocycles. The van der Waals surface area contributed by atoms with Gasteiger partial charge in [-0.3, -0.25) is 9.69 Å². The van der Waals surface area contributed by atoms with Crippen LogP contribution in [0, 0.1) is 0 Å². The molecule has 0 atom stereocenters. The Hall–Kier alpha value is -3.38. The Morgan fingerprint density at radius 3 is 2.59 bits per heavy atom. The zero-order chi connectivity index (χ0) is 24.0. The zero-order valence-electron chi connectivity index (χ0n) is 18.3. The van der Waals surface area contributed by atoms with Crippen molar-refractivity contribution in [2.45, 2.75) is 19.3 Å². The topological polar surface area (TPSA) is 93.5 Å². The van der Waals surface area contributed by atoms with Crippen molar-refractivity contribution in [3.05, 3.63) is 42.9 Å². The number of morpholine rings is 1. The summed E-state index contributed by atoms with van der Waals surface area (Å²) >= 11 is 0. The molecule has 2 N–H and O–H groups in total. The van der Waals surface area contributed by atoms with E-state index in [1.807, 2.05) is 16.8 Å². The molecule has 1 amide bonds. The number of carbonyl (C=O) groups excluding carboxylic acids is 1. The lowest BCUT2D eigenvalue weighted by molar-refractivity contribution is -0.274. The van der Waals surface area contributed by atoms with Gasteiger partial charge in [0.05, 0.1) is 18.6 Å². The molecule has 4 rings (SSSR count). The first-order valence-corrected chi connectivity index (χ1v) is 10.9. The number of aryl methyl sites for hydroxylation is 1. The summed E-state index contributed by atoms with van der Waals surface area (Å²) in [7, 11) is 0. The second-order valence-electron chi connectivity index (χ2n) is 7.72. The lowest BCUT2D eigenvalue weighted by Gasteiger charge is -2.26. The fourth-order valence-electron chi connectivity index (χ4n) is 3.65. The molecular weight excluding hydrogens is 453 g/mol. The molecule has 182 valence electrons. The number of aromatic nitrogens is 3. The maximum absolute atomic E-state index is 12.3. The molecule has 0 bridgehead atoms. The smallest absolute Gasteiger partial charge is 0.406 e. The third-order valence-corrected chi connectivity index (χ3v) is 5.34. The monoisotopic (exact) mass is 478 g/mol. The van der Waals surface area contributed by atoms with Crippen molar-refractivity contribution in [3.63, 3.8) is 0 Å². The normalized spacial score (nSPS) is 14.8.